The molecule has 0 unspecified atom stereocenters. The van der Waals surface area contributed by atoms with Crippen LogP contribution in [0.1, 0.15) is 60.5 Å². The van der Waals surface area contributed by atoms with Gasteiger partial charge in [0.1, 0.15) is 0 Å². The Morgan fingerprint density at radius 3 is 2.37 bits per heavy atom. The summed E-state index contributed by atoms with van der Waals surface area (Å²) in [7, 11) is 0. The highest BCUT2D eigenvalue weighted by molar-refractivity contribution is 6.30. The molecule has 2 fully saturated rings. The van der Waals surface area contributed by atoms with Gasteiger partial charge in [-0.3, -0.25) is 9.59 Å². The molecule has 1 atom stereocenters. The highest BCUT2D eigenvalue weighted by atomic mass is 35.5. The van der Waals surface area contributed by atoms with E-state index in [2.05, 4.69) is 16.0 Å². The summed E-state index contributed by atoms with van der Waals surface area (Å²) in [6.07, 6.45) is 6.68. The molecule has 0 bridgehead atoms. The van der Waals surface area contributed by atoms with Crippen LogP contribution in [-0.2, 0) is 4.79 Å². The van der Waals surface area contributed by atoms with Crippen LogP contribution in [0.4, 0.5) is 5.69 Å². The van der Waals surface area contributed by atoms with Crippen LogP contribution in [0.25, 0.3) is 0 Å². The van der Waals surface area contributed by atoms with Crippen molar-refractivity contribution in [2.75, 3.05) is 11.9 Å². The van der Waals surface area contributed by atoms with E-state index in [-0.39, 0.29) is 30.4 Å². The zero-order valence-electron chi connectivity index (χ0n) is 17.0. The van der Waals surface area contributed by atoms with Crippen LogP contribution in [0.3, 0.4) is 0 Å². The molecule has 5 nitrogen and oxygen atoms in total. The van der Waals surface area contributed by atoms with E-state index >= 15 is 0 Å². The first-order valence-electron chi connectivity index (χ1n) is 10.8. The lowest BCUT2D eigenvalue weighted by molar-refractivity contribution is -0.115. The monoisotopic (exact) mass is 425 g/mol. The lowest BCUT2D eigenvalue weighted by Crippen LogP contribution is -2.35. The van der Waals surface area contributed by atoms with Crippen LogP contribution in [0.5, 0.6) is 0 Å². The van der Waals surface area contributed by atoms with Crippen molar-refractivity contribution in [2.24, 2.45) is 5.92 Å². The van der Waals surface area contributed by atoms with Crippen molar-refractivity contribution in [3.05, 3.63) is 64.7 Å². The fraction of sp³-hybridized carbons (Fsp3) is 0.417. The number of hydrogen-bond donors (Lipinski definition) is 3. The Labute approximate surface area is 182 Å². The third-order valence-electron chi connectivity index (χ3n) is 5.94. The molecule has 4 rings (SSSR count). The van der Waals surface area contributed by atoms with Crippen molar-refractivity contribution in [1.82, 2.24) is 10.6 Å². The summed E-state index contributed by atoms with van der Waals surface area (Å²) in [5.74, 6) is 0.266. The maximum absolute atomic E-state index is 12.7. The standard InChI is InChI=1S/C24H28ClN3O2/c25-18-13-11-17(12-14-18)23(16-9-10-16)26-15-22(29)28-21-8-4-3-7-20(21)24(30)27-19-5-1-2-6-19/h3-4,7-8,11-14,16,19,23,26H,1-2,5-6,9-10,15H2,(H,27,30)(H,28,29)/t23-/m0/s1. The van der Waals surface area contributed by atoms with Gasteiger partial charge < -0.3 is 16.0 Å². The molecule has 0 aromatic heterocycles. The zero-order chi connectivity index (χ0) is 20.9. The Morgan fingerprint density at radius 2 is 1.67 bits per heavy atom. The van der Waals surface area contributed by atoms with E-state index in [1.54, 1.807) is 12.1 Å². The Balaban J connectivity index is 1.36. The number of rotatable bonds is 8. The van der Waals surface area contributed by atoms with E-state index < -0.39 is 0 Å². The van der Waals surface area contributed by atoms with Crippen molar-refractivity contribution >= 4 is 29.1 Å². The van der Waals surface area contributed by atoms with Crippen LogP contribution < -0.4 is 16.0 Å². The number of benzene rings is 2. The van der Waals surface area contributed by atoms with E-state index in [1.807, 2.05) is 36.4 Å². The average Bonchev–Trinajstić information content (AvgIpc) is 3.45. The summed E-state index contributed by atoms with van der Waals surface area (Å²) in [6.45, 7) is 0.183. The third-order valence-corrected chi connectivity index (χ3v) is 6.19. The summed E-state index contributed by atoms with van der Waals surface area (Å²) in [5.41, 5.74) is 2.20. The summed E-state index contributed by atoms with van der Waals surface area (Å²) in [6, 6.07) is 15.3. The average molecular weight is 426 g/mol. The van der Waals surface area contributed by atoms with Gasteiger partial charge >= 0.3 is 0 Å². The molecule has 0 saturated heterocycles. The van der Waals surface area contributed by atoms with Gasteiger partial charge in [0.2, 0.25) is 5.91 Å². The fourth-order valence-electron chi connectivity index (χ4n) is 4.18. The van der Waals surface area contributed by atoms with Crippen LogP contribution >= 0.6 is 11.6 Å². The van der Waals surface area contributed by atoms with Gasteiger partial charge in [-0.25, -0.2) is 0 Å². The number of nitrogens with one attached hydrogen (secondary N) is 3. The predicted octanol–water partition coefficient (Wildman–Crippen LogP) is 4.69. The van der Waals surface area contributed by atoms with Crippen LogP contribution in [0, 0.1) is 5.92 Å². The normalized spacial score (nSPS) is 17.5. The van der Waals surface area contributed by atoms with Crippen LogP contribution in [0.2, 0.25) is 5.02 Å². The van der Waals surface area contributed by atoms with Gasteiger partial charge in [-0.2, -0.15) is 0 Å². The molecule has 2 saturated carbocycles. The molecule has 2 aliphatic carbocycles. The summed E-state index contributed by atoms with van der Waals surface area (Å²) < 4.78 is 0. The number of anilines is 1. The molecule has 2 aliphatic rings. The minimum absolute atomic E-state index is 0.122. The molecule has 2 aromatic carbocycles. The number of carbonyl (C=O) groups excluding carboxylic acids is 2. The second-order valence-electron chi connectivity index (χ2n) is 8.30. The first-order chi connectivity index (χ1) is 14.6. The molecular formula is C24H28ClN3O2. The van der Waals surface area contributed by atoms with Gasteiger partial charge in [-0.05, 0) is 61.4 Å². The van der Waals surface area contributed by atoms with E-state index in [4.69, 9.17) is 11.6 Å². The summed E-state index contributed by atoms with van der Waals surface area (Å²) in [4.78, 5) is 25.3. The van der Waals surface area contributed by atoms with Gasteiger partial charge in [-0.15, -0.1) is 0 Å². The van der Waals surface area contributed by atoms with E-state index in [0.29, 0.717) is 22.2 Å². The highest BCUT2D eigenvalue weighted by Crippen LogP contribution is 2.41. The number of carbonyl (C=O) groups is 2. The van der Waals surface area contributed by atoms with E-state index in [9.17, 15) is 9.59 Å². The molecule has 30 heavy (non-hydrogen) atoms. The Hall–Kier alpha value is -2.37. The lowest BCUT2D eigenvalue weighted by atomic mass is 10.0. The molecule has 0 heterocycles. The van der Waals surface area contributed by atoms with E-state index in [0.717, 1.165) is 44.1 Å². The fourth-order valence-corrected chi connectivity index (χ4v) is 4.30. The Bertz CT molecular complexity index is 890. The largest absolute Gasteiger partial charge is 0.349 e. The molecule has 6 heteroatoms. The van der Waals surface area contributed by atoms with Crippen molar-refractivity contribution in [1.29, 1.82) is 0 Å². The summed E-state index contributed by atoms with van der Waals surface area (Å²) in [5, 5.41) is 10.1. The number of para-hydroxylation sites is 1. The highest BCUT2D eigenvalue weighted by Gasteiger charge is 2.32. The van der Waals surface area contributed by atoms with Crippen molar-refractivity contribution in [3.8, 4) is 0 Å². The van der Waals surface area contributed by atoms with Crippen molar-refractivity contribution < 1.29 is 9.59 Å². The van der Waals surface area contributed by atoms with Crippen LogP contribution in [-0.4, -0.2) is 24.4 Å². The Morgan fingerprint density at radius 1 is 0.967 bits per heavy atom. The maximum atomic E-state index is 12.7. The lowest BCUT2D eigenvalue weighted by Gasteiger charge is -2.19. The number of hydrogen-bond acceptors (Lipinski definition) is 3. The van der Waals surface area contributed by atoms with Gasteiger partial charge in [-0.1, -0.05) is 48.7 Å². The molecule has 0 radical (unpaired) electrons. The molecule has 2 amide bonds. The minimum Gasteiger partial charge on any atom is -0.349 e. The third kappa shape index (κ3) is 5.41. The van der Waals surface area contributed by atoms with Gasteiger partial charge in [0.15, 0.2) is 0 Å². The first kappa shape index (κ1) is 20.9. The minimum atomic E-state index is -0.157. The molecule has 3 N–H and O–H groups in total. The second kappa shape index (κ2) is 9.63. The van der Waals surface area contributed by atoms with Gasteiger partial charge in [0.05, 0.1) is 17.8 Å². The van der Waals surface area contributed by atoms with Gasteiger partial charge in [0, 0.05) is 17.1 Å². The molecule has 0 aliphatic heterocycles. The molecule has 158 valence electrons. The zero-order valence-corrected chi connectivity index (χ0v) is 17.8. The second-order valence-corrected chi connectivity index (χ2v) is 8.73. The topological polar surface area (TPSA) is 70.2 Å². The van der Waals surface area contributed by atoms with Crippen LogP contribution in [0.15, 0.2) is 48.5 Å². The molecule has 2 aromatic rings. The number of amides is 2. The Kier molecular flexibility index (Phi) is 6.70. The van der Waals surface area contributed by atoms with Gasteiger partial charge in [0.25, 0.3) is 5.91 Å². The predicted molar refractivity (Wildman–Crippen MR) is 120 cm³/mol. The van der Waals surface area contributed by atoms with Crippen molar-refractivity contribution in [2.45, 2.75) is 50.6 Å². The van der Waals surface area contributed by atoms with E-state index in [1.165, 1.54) is 0 Å². The quantitative estimate of drug-likeness (QED) is 0.574. The SMILES string of the molecule is O=C(CN[C@H](c1ccc(Cl)cc1)C1CC1)Nc1ccccc1C(=O)NC1CCCC1. The number of halogens is 1. The molecule has 0 spiro atoms. The first-order valence-corrected chi connectivity index (χ1v) is 11.2. The molecular weight excluding hydrogens is 398 g/mol. The maximum Gasteiger partial charge on any atom is 0.253 e. The van der Waals surface area contributed by atoms with Crippen molar-refractivity contribution in [3.63, 3.8) is 0 Å². The smallest absolute Gasteiger partial charge is 0.253 e. The summed E-state index contributed by atoms with van der Waals surface area (Å²) >= 11 is 6.01.